The summed E-state index contributed by atoms with van der Waals surface area (Å²) in [4.78, 5) is 35.3. The van der Waals surface area contributed by atoms with Gasteiger partial charge in [0.2, 0.25) is 0 Å². The molecule has 0 bridgehead atoms. The van der Waals surface area contributed by atoms with Crippen molar-refractivity contribution in [3.63, 3.8) is 0 Å². The Kier molecular flexibility index (Phi) is 7.87. The van der Waals surface area contributed by atoms with Crippen LogP contribution in [0.2, 0.25) is 0 Å². The highest BCUT2D eigenvalue weighted by Crippen LogP contribution is 2.25. The number of amides is 1. The van der Waals surface area contributed by atoms with E-state index in [-0.39, 0.29) is 17.3 Å². The van der Waals surface area contributed by atoms with Crippen molar-refractivity contribution < 1.29 is 33.4 Å². The van der Waals surface area contributed by atoms with Crippen molar-refractivity contribution in [2.45, 2.75) is 58.3 Å². The molecule has 1 aliphatic rings. The Bertz CT molecular complexity index is 758. The lowest BCUT2D eigenvalue weighted by atomic mass is 9.98. The summed E-state index contributed by atoms with van der Waals surface area (Å²) in [6.07, 6.45) is 2.70. The zero-order valence-electron chi connectivity index (χ0n) is 17.0. The first-order chi connectivity index (χ1) is 13.6. The Labute approximate surface area is 169 Å². The summed E-state index contributed by atoms with van der Waals surface area (Å²) in [5.41, 5.74) is 0.626. The van der Waals surface area contributed by atoms with Crippen molar-refractivity contribution in [1.29, 1.82) is 0 Å². The minimum atomic E-state index is -1.59. The van der Waals surface area contributed by atoms with Gasteiger partial charge in [0.25, 0.3) is 11.7 Å². The van der Waals surface area contributed by atoms with Gasteiger partial charge in [-0.2, -0.15) is 0 Å². The van der Waals surface area contributed by atoms with Crippen LogP contribution in [0.4, 0.5) is 4.39 Å². The number of halogens is 1. The molecule has 1 unspecified atom stereocenters. The third-order valence-corrected chi connectivity index (χ3v) is 5.16. The van der Waals surface area contributed by atoms with Crippen LogP contribution in [-0.2, 0) is 19.1 Å². The molecule has 7 nitrogen and oxygen atoms in total. The Balaban J connectivity index is 1.77. The number of aryl methyl sites for hydroxylation is 1. The van der Waals surface area contributed by atoms with E-state index in [0.29, 0.717) is 31.6 Å². The van der Waals surface area contributed by atoms with Crippen molar-refractivity contribution >= 4 is 17.7 Å². The average molecular weight is 409 g/mol. The summed E-state index contributed by atoms with van der Waals surface area (Å²) in [6, 6.07) is 3.58. The monoisotopic (exact) mass is 409 g/mol. The summed E-state index contributed by atoms with van der Waals surface area (Å²) >= 11 is 0. The highest BCUT2D eigenvalue weighted by molar-refractivity contribution is 5.97. The highest BCUT2D eigenvalue weighted by Gasteiger charge is 2.40. The van der Waals surface area contributed by atoms with Crippen molar-refractivity contribution in [2.24, 2.45) is 5.92 Å². The summed E-state index contributed by atoms with van der Waals surface area (Å²) in [5.74, 6) is -3.75. The molecule has 1 fully saturated rings. The SMILES string of the molecule is CC(=O)C(CCCC[C@H]1CO[C@@](C)(C(=O)O)OC1)NC(=O)c1ccc(C)c(F)c1. The van der Waals surface area contributed by atoms with E-state index in [9.17, 15) is 18.8 Å². The van der Waals surface area contributed by atoms with Crippen molar-refractivity contribution in [2.75, 3.05) is 13.2 Å². The van der Waals surface area contributed by atoms with E-state index >= 15 is 0 Å². The van der Waals surface area contributed by atoms with Gasteiger partial charge in [-0.25, -0.2) is 9.18 Å². The van der Waals surface area contributed by atoms with Gasteiger partial charge < -0.3 is 19.9 Å². The molecule has 0 saturated carbocycles. The summed E-state index contributed by atoms with van der Waals surface area (Å²) in [7, 11) is 0. The standard InChI is InChI=1S/C21H28FNO6/c1-13-8-9-16(10-17(13)22)19(25)23-18(14(2)24)7-5-4-6-15-11-28-21(3,20(26)27)29-12-15/h8-10,15,18H,4-7,11-12H2,1-3H3,(H,23,25)(H,26,27)/t15-,18?,21+. The van der Waals surface area contributed by atoms with Crippen LogP contribution in [0.1, 0.15) is 55.5 Å². The van der Waals surface area contributed by atoms with Crippen LogP contribution in [0, 0.1) is 18.7 Å². The molecule has 1 saturated heterocycles. The van der Waals surface area contributed by atoms with Gasteiger partial charge >= 0.3 is 5.97 Å². The molecule has 1 atom stereocenters. The molecule has 0 aliphatic carbocycles. The number of carboxylic acids is 1. The lowest BCUT2D eigenvalue weighted by Gasteiger charge is -2.34. The Morgan fingerprint density at radius 3 is 2.48 bits per heavy atom. The number of ether oxygens (including phenoxy) is 2. The fourth-order valence-electron chi connectivity index (χ4n) is 3.07. The van der Waals surface area contributed by atoms with Gasteiger partial charge in [-0.1, -0.05) is 18.9 Å². The molecular formula is C21H28FNO6. The molecule has 1 aromatic rings. The number of benzene rings is 1. The van der Waals surface area contributed by atoms with Crippen LogP contribution in [0.3, 0.4) is 0 Å². The maximum Gasteiger partial charge on any atom is 0.364 e. The van der Waals surface area contributed by atoms with Crippen molar-refractivity contribution in [3.8, 4) is 0 Å². The van der Waals surface area contributed by atoms with Crippen LogP contribution in [0.5, 0.6) is 0 Å². The second-order valence-corrected chi connectivity index (χ2v) is 7.62. The zero-order valence-corrected chi connectivity index (χ0v) is 17.0. The van der Waals surface area contributed by atoms with E-state index in [0.717, 1.165) is 18.9 Å². The largest absolute Gasteiger partial charge is 0.477 e. The molecule has 2 N–H and O–H groups in total. The number of carboxylic acid groups (broad SMARTS) is 1. The topological polar surface area (TPSA) is 102 Å². The van der Waals surface area contributed by atoms with Gasteiger partial charge in [0, 0.05) is 18.4 Å². The number of hydrogen-bond donors (Lipinski definition) is 2. The first kappa shape index (κ1) is 23.0. The zero-order chi connectivity index (χ0) is 21.6. The number of carbonyl (C=O) groups is 3. The summed E-state index contributed by atoms with van der Waals surface area (Å²) in [6.45, 7) is 5.01. The minimum Gasteiger partial charge on any atom is -0.477 e. The second kappa shape index (κ2) is 9.93. The van der Waals surface area contributed by atoms with Crippen LogP contribution in [-0.4, -0.2) is 47.8 Å². The van der Waals surface area contributed by atoms with Gasteiger partial charge in [-0.05, 0) is 44.4 Å². The van der Waals surface area contributed by atoms with Gasteiger partial charge in [-0.15, -0.1) is 0 Å². The molecule has 1 amide bonds. The minimum absolute atomic E-state index is 0.0864. The lowest BCUT2D eigenvalue weighted by molar-refractivity contribution is -0.271. The predicted octanol–water partition coefficient (Wildman–Crippen LogP) is 2.85. The maximum atomic E-state index is 13.7. The number of unbranched alkanes of at least 4 members (excludes halogenated alkanes) is 1. The van der Waals surface area contributed by atoms with E-state index < -0.39 is 29.5 Å². The molecule has 160 valence electrons. The van der Waals surface area contributed by atoms with E-state index in [1.54, 1.807) is 6.92 Å². The predicted molar refractivity (Wildman–Crippen MR) is 103 cm³/mol. The van der Waals surface area contributed by atoms with Gasteiger partial charge in [-0.3, -0.25) is 9.59 Å². The van der Waals surface area contributed by atoms with Crippen molar-refractivity contribution in [1.82, 2.24) is 5.32 Å². The molecule has 0 radical (unpaired) electrons. The molecule has 8 heteroatoms. The number of nitrogens with one attached hydrogen (secondary N) is 1. The summed E-state index contributed by atoms with van der Waals surface area (Å²) in [5, 5.41) is 11.7. The molecule has 1 aromatic carbocycles. The number of carbonyl (C=O) groups excluding carboxylic acids is 2. The van der Waals surface area contributed by atoms with Gasteiger partial charge in [0.1, 0.15) is 5.82 Å². The average Bonchev–Trinajstić information content (AvgIpc) is 2.67. The van der Waals surface area contributed by atoms with E-state index in [1.807, 2.05) is 0 Å². The van der Waals surface area contributed by atoms with Crippen LogP contribution in [0.25, 0.3) is 0 Å². The van der Waals surface area contributed by atoms with Crippen LogP contribution in [0.15, 0.2) is 18.2 Å². The Morgan fingerprint density at radius 2 is 1.93 bits per heavy atom. The molecule has 0 spiro atoms. The normalized spacial score (nSPS) is 22.7. The number of hydrogen-bond acceptors (Lipinski definition) is 5. The highest BCUT2D eigenvalue weighted by atomic mass is 19.1. The Hall–Kier alpha value is -2.32. The maximum absolute atomic E-state index is 13.7. The van der Waals surface area contributed by atoms with E-state index in [4.69, 9.17) is 14.6 Å². The third-order valence-electron chi connectivity index (χ3n) is 5.16. The molecule has 1 heterocycles. The first-order valence-electron chi connectivity index (χ1n) is 9.71. The molecule has 29 heavy (non-hydrogen) atoms. The smallest absolute Gasteiger partial charge is 0.364 e. The Morgan fingerprint density at radius 1 is 1.28 bits per heavy atom. The number of Topliss-reactive ketones (excluding diaryl/α,β-unsaturated/α-hetero) is 1. The van der Waals surface area contributed by atoms with Gasteiger partial charge in [0.15, 0.2) is 5.78 Å². The summed E-state index contributed by atoms with van der Waals surface area (Å²) < 4.78 is 24.3. The number of rotatable bonds is 9. The molecule has 2 rings (SSSR count). The van der Waals surface area contributed by atoms with E-state index in [2.05, 4.69) is 5.32 Å². The quantitative estimate of drug-likeness (QED) is 0.608. The van der Waals surface area contributed by atoms with E-state index in [1.165, 1.54) is 26.0 Å². The van der Waals surface area contributed by atoms with Crippen LogP contribution >= 0.6 is 0 Å². The first-order valence-corrected chi connectivity index (χ1v) is 9.71. The number of ketones is 1. The number of aliphatic carboxylic acids is 1. The van der Waals surface area contributed by atoms with Crippen molar-refractivity contribution in [3.05, 3.63) is 35.1 Å². The fourth-order valence-corrected chi connectivity index (χ4v) is 3.07. The third kappa shape index (κ3) is 6.33. The molecular weight excluding hydrogens is 381 g/mol. The molecule has 1 aliphatic heterocycles. The van der Waals surface area contributed by atoms with Crippen LogP contribution < -0.4 is 5.32 Å². The molecule has 0 aromatic heterocycles. The van der Waals surface area contributed by atoms with Gasteiger partial charge in [0.05, 0.1) is 19.3 Å². The second-order valence-electron chi connectivity index (χ2n) is 7.62. The fraction of sp³-hybridized carbons (Fsp3) is 0.571. The lowest BCUT2D eigenvalue weighted by Crippen LogP contribution is -2.47.